The van der Waals surface area contributed by atoms with Crippen molar-refractivity contribution in [3.05, 3.63) is 101 Å². The van der Waals surface area contributed by atoms with Crippen molar-refractivity contribution in [1.29, 1.82) is 0 Å². The molecule has 2 bridgehead atoms. The summed E-state index contributed by atoms with van der Waals surface area (Å²) in [7, 11) is 2.06. The highest BCUT2D eigenvalue weighted by molar-refractivity contribution is 7.78. The predicted octanol–water partition coefficient (Wildman–Crippen LogP) is 6.44. The van der Waals surface area contributed by atoms with Crippen LogP contribution in [0.25, 0.3) is 0 Å². The Balaban J connectivity index is 1.34. The fraction of sp³-hybridized carbons (Fsp3) is 0.355. The fourth-order valence-corrected chi connectivity index (χ4v) is 5.93. The van der Waals surface area contributed by atoms with Crippen LogP contribution in [0.1, 0.15) is 42.1 Å². The van der Waals surface area contributed by atoms with Crippen molar-refractivity contribution in [2.45, 2.75) is 50.0 Å². The normalized spacial score (nSPS) is 22.5. The Morgan fingerprint density at radius 1 is 1.00 bits per heavy atom. The molecule has 2 heterocycles. The predicted molar refractivity (Wildman–Crippen MR) is 148 cm³/mol. The summed E-state index contributed by atoms with van der Waals surface area (Å²) in [6.45, 7) is 0.247. The lowest BCUT2D eigenvalue weighted by Crippen LogP contribution is -2.53. The van der Waals surface area contributed by atoms with Gasteiger partial charge in [-0.3, -0.25) is 9.69 Å². The van der Waals surface area contributed by atoms with E-state index in [1.807, 2.05) is 24.3 Å². The minimum Gasteiger partial charge on any atom is -0.465 e. The van der Waals surface area contributed by atoms with E-state index in [-0.39, 0.29) is 30.3 Å². The van der Waals surface area contributed by atoms with E-state index < -0.39 is 18.1 Å². The molecule has 2 fully saturated rings. The molecule has 3 aromatic carbocycles. The number of thiocarbonyl (C=S) groups is 1. The number of hydrogen-bond acceptors (Lipinski definition) is 6. The van der Waals surface area contributed by atoms with Crippen molar-refractivity contribution < 1.29 is 23.0 Å². The van der Waals surface area contributed by atoms with Gasteiger partial charge in [0.25, 0.3) is 0 Å². The van der Waals surface area contributed by atoms with Gasteiger partial charge in [-0.05, 0) is 91.6 Å². The van der Waals surface area contributed by atoms with E-state index in [4.69, 9.17) is 9.47 Å². The summed E-state index contributed by atoms with van der Waals surface area (Å²) < 4.78 is 40.0. The zero-order valence-corrected chi connectivity index (χ0v) is 22.5. The van der Waals surface area contributed by atoms with E-state index >= 15 is 0 Å². The zero-order valence-electron chi connectivity index (χ0n) is 21.6. The summed E-state index contributed by atoms with van der Waals surface area (Å²) >= 11 is 4.64. The first-order chi connectivity index (χ1) is 18.9. The molecular weight excluding hydrogens is 518 g/mol. The molecule has 39 heavy (non-hydrogen) atoms. The van der Waals surface area contributed by atoms with Gasteiger partial charge in [-0.25, -0.2) is 8.78 Å². The van der Waals surface area contributed by atoms with E-state index in [0.717, 1.165) is 35.2 Å². The van der Waals surface area contributed by atoms with Gasteiger partial charge in [0.05, 0.1) is 29.5 Å². The third-order valence-corrected chi connectivity index (χ3v) is 7.98. The van der Waals surface area contributed by atoms with Crippen molar-refractivity contribution in [1.82, 2.24) is 4.90 Å². The largest absolute Gasteiger partial charge is 0.465 e. The number of rotatable bonds is 9. The maximum atomic E-state index is 13.7. The van der Waals surface area contributed by atoms with Crippen molar-refractivity contribution in [2.75, 3.05) is 13.7 Å². The average molecular weight is 549 g/mol. The molecule has 2 aliphatic heterocycles. The van der Waals surface area contributed by atoms with Crippen LogP contribution < -0.4 is 0 Å². The first-order valence-corrected chi connectivity index (χ1v) is 13.6. The Labute approximate surface area is 232 Å². The topological polar surface area (TPSA) is 51.1 Å². The monoisotopic (exact) mass is 548 g/mol. The molecule has 0 amide bonds. The first kappa shape index (κ1) is 27.3. The Kier molecular flexibility index (Phi) is 8.58. The highest BCUT2D eigenvalue weighted by atomic mass is 32.1. The number of hydrogen-bond donors (Lipinski definition) is 0. The summed E-state index contributed by atoms with van der Waals surface area (Å²) in [6.07, 6.45) is 2.14. The molecule has 0 saturated carbocycles. The van der Waals surface area contributed by atoms with Crippen molar-refractivity contribution in [3.8, 4) is 0 Å². The van der Waals surface area contributed by atoms with Crippen LogP contribution >= 0.6 is 12.2 Å². The molecule has 0 aromatic heterocycles. The number of halogens is 2. The van der Waals surface area contributed by atoms with Crippen LogP contribution in [-0.4, -0.2) is 47.9 Å². The van der Waals surface area contributed by atoms with Gasteiger partial charge in [-0.2, -0.15) is 4.99 Å². The highest BCUT2D eigenvalue weighted by Crippen LogP contribution is 2.42. The summed E-state index contributed by atoms with van der Waals surface area (Å²) in [5.74, 6) is -1.46. The van der Waals surface area contributed by atoms with Crippen LogP contribution in [0.15, 0.2) is 77.8 Å². The maximum absolute atomic E-state index is 13.7. The highest BCUT2D eigenvalue weighted by Gasteiger charge is 2.50. The molecule has 2 aliphatic rings. The lowest BCUT2D eigenvalue weighted by Gasteiger charge is -2.42. The second-order valence-corrected chi connectivity index (χ2v) is 10.4. The van der Waals surface area contributed by atoms with Gasteiger partial charge in [-0.1, -0.05) is 36.4 Å². The zero-order chi connectivity index (χ0) is 27.4. The van der Waals surface area contributed by atoms with E-state index in [1.54, 1.807) is 24.3 Å². The maximum Gasteiger partial charge on any atom is 0.313 e. The number of piperidine rings is 1. The molecule has 0 N–H and O–H groups in total. The number of isothiocyanates is 1. The second-order valence-electron chi connectivity index (χ2n) is 10.2. The van der Waals surface area contributed by atoms with Gasteiger partial charge in [0, 0.05) is 18.5 Å². The lowest BCUT2D eigenvalue weighted by molar-refractivity contribution is -0.164. The summed E-state index contributed by atoms with van der Waals surface area (Å²) in [5.41, 5.74) is 3.22. The van der Waals surface area contributed by atoms with Gasteiger partial charge < -0.3 is 9.47 Å². The lowest BCUT2D eigenvalue weighted by atomic mass is 9.87. The van der Waals surface area contributed by atoms with Crippen molar-refractivity contribution >= 4 is 29.0 Å². The molecule has 202 valence electrons. The van der Waals surface area contributed by atoms with Crippen LogP contribution in [0.4, 0.5) is 14.5 Å². The Morgan fingerprint density at radius 3 is 2.21 bits per heavy atom. The first-order valence-electron chi connectivity index (χ1n) is 13.1. The van der Waals surface area contributed by atoms with E-state index in [0.29, 0.717) is 18.9 Å². The second kappa shape index (κ2) is 12.3. The molecule has 0 spiro atoms. The van der Waals surface area contributed by atoms with E-state index in [1.165, 1.54) is 24.3 Å². The van der Waals surface area contributed by atoms with Crippen LogP contribution in [0, 0.1) is 17.6 Å². The molecule has 0 radical (unpaired) electrons. The molecular formula is C31H30F2N2O3S. The Bertz CT molecular complexity index is 1280. The molecule has 8 heteroatoms. The number of fused-ring (bicyclic) bond motifs is 2. The molecule has 0 aliphatic carbocycles. The van der Waals surface area contributed by atoms with Crippen LogP contribution in [0.3, 0.4) is 0 Å². The number of esters is 1. The fourth-order valence-electron chi connectivity index (χ4n) is 5.82. The molecule has 5 nitrogen and oxygen atoms in total. The molecule has 3 aromatic rings. The quantitative estimate of drug-likeness (QED) is 0.175. The standard InChI is InChI=1S/C31H30F2N2O3S/c1-35-26-14-15-27(35)29(31(36)37-17-16-20-2-12-25(13-3-20)34-19-39)28(18-26)38-30(21-4-8-23(32)9-5-21)22-6-10-24(33)11-7-22/h2-13,26-30H,14-18H2,1H3/t26-,27+,28+,29+/m1/s1. The third-order valence-electron chi connectivity index (χ3n) is 7.89. The van der Waals surface area contributed by atoms with Gasteiger partial charge in [-0.15, -0.1) is 0 Å². The minimum atomic E-state index is -0.581. The van der Waals surface area contributed by atoms with Crippen LogP contribution in [0.2, 0.25) is 0 Å². The minimum absolute atomic E-state index is 0.00937. The van der Waals surface area contributed by atoms with E-state index in [2.05, 4.69) is 34.3 Å². The van der Waals surface area contributed by atoms with Gasteiger partial charge >= 0.3 is 5.97 Å². The van der Waals surface area contributed by atoms with Gasteiger partial charge in [0.1, 0.15) is 17.7 Å². The average Bonchev–Trinajstić information content (AvgIpc) is 3.17. The summed E-state index contributed by atoms with van der Waals surface area (Å²) in [5, 5.41) is 2.35. The number of aliphatic imine (C=N–C) groups is 1. The summed E-state index contributed by atoms with van der Waals surface area (Å²) in [6, 6.07) is 20.1. The SMILES string of the molecule is CN1[C@@H]2CC[C@H]1[C@H](C(=O)OCCc1ccc(N=C=S)cc1)[C@@H](OC(c1ccc(F)cc1)c1ccc(F)cc1)C2. The molecule has 5 rings (SSSR count). The number of ether oxygens (including phenoxy) is 2. The Hall–Kier alpha value is -3.29. The van der Waals surface area contributed by atoms with Gasteiger partial charge in [0.2, 0.25) is 0 Å². The van der Waals surface area contributed by atoms with Gasteiger partial charge in [0.15, 0.2) is 0 Å². The van der Waals surface area contributed by atoms with Crippen LogP contribution in [0.5, 0.6) is 0 Å². The van der Waals surface area contributed by atoms with E-state index in [9.17, 15) is 13.6 Å². The van der Waals surface area contributed by atoms with Crippen molar-refractivity contribution in [3.63, 3.8) is 0 Å². The third kappa shape index (κ3) is 6.31. The molecule has 0 unspecified atom stereocenters. The molecule has 2 saturated heterocycles. The summed E-state index contributed by atoms with van der Waals surface area (Å²) in [4.78, 5) is 19.8. The Morgan fingerprint density at radius 2 is 1.62 bits per heavy atom. The number of carbonyl (C=O) groups excluding carboxylic acids is 1. The molecule has 4 atom stereocenters. The smallest absolute Gasteiger partial charge is 0.313 e. The van der Waals surface area contributed by atoms with Crippen molar-refractivity contribution in [2.24, 2.45) is 10.9 Å². The number of nitrogens with zero attached hydrogens (tertiary/aromatic N) is 2. The van der Waals surface area contributed by atoms with Crippen LogP contribution in [-0.2, 0) is 20.7 Å². The number of benzene rings is 3. The number of carbonyl (C=O) groups is 1.